The highest BCUT2D eigenvalue weighted by molar-refractivity contribution is 7.89. The first-order valence-electron chi connectivity index (χ1n) is 8.40. The molecule has 0 saturated heterocycles. The molecule has 0 aliphatic carbocycles. The summed E-state index contributed by atoms with van der Waals surface area (Å²) in [5.41, 5.74) is 1.12. The van der Waals surface area contributed by atoms with Gasteiger partial charge in [-0.15, -0.1) is 6.58 Å². The Morgan fingerprint density at radius 1 is 1.19 bits per heavy atom. The van der Waals surface area contributed by atoms with E-state index in [0.29, 0.717) is 11.3 Å². The van der Waals surface area contributed by atoms with Crippen LogP contribution in [0.2, 0.25) is 0 Å². The Morgan fingerprint density at radius 2 is 1.89 bits per heavy atom. The molecule has 0 fully saturated rings. The molecule has 0 spiro atoms. The van der Waals surface area contributed by atoms with Crippen LogP contribution in [0.4, 0.5) is 0 Å². The van der Waals surface area contributed by atoms with Crippen LogP contribution in [0.5, 0.6) is 0 Å². The first kappa shape index (κ1) is 18.9. The van der Waals surface area contributed by atoms with Gasteiger partial charge in [-0.25, -0.2) is 13.1 Å². The summed E-state index contributed by atoms with van der Waals surface area (Å²) in [4.78, 5) is 12.5. The molecule has 3 aromatic rings. The van der Waals surface area contributed by atoms with Crippen molar-refractivity contribution >= 4 is 26.9 Å². The number of carbonyl (C=O) groups excluding carboxylic acids is 1. The normalized spacial score (nSPS) is 12.6. The van der Waals surface area contributed by atoms with Crippen molar-refractivity contribution in [2.75, 3.05) is 6.54 Å². The molecule has 1 amide bonds. The monoisotopic (exact) mass is 384 g/mol. The van der Waals surface area contributed by atoms with E-state index in [9.17, 15) is 13.2 Å². The summed E-state index contributed by atoms with van der Waals surface area (Å²) in [5, 5.41) is 3.82. The van der Waals surface area contributed by atoms with Gasteiger partial charge in [0, 0.05) is 17.5 Å². The van der Waals surface area contributed by atoms with Crippen molar-refractivity contribution in [3.05, 3.63) is 78.6 Å². The fourth-order valence-corrected chi connectivity index (χ4v) is 3.60. The molecular formula is C20H20N2O4S. The predicted molar refractivity (Wildman–Crippen MR) is 104 cm³/mol. The van der Waals surface area contributed by atoms with Gasteiger partial charge >= 0.3 is 0 Å². The number of rotatable bonds is 7. The SMILES string of the molecule is C=CCNS(=O)(=O)c1ccc(C(=O)NC(C)c2cc3ccccc3o2)cc1. The summed E-state index contributed by atoms with van der Waals surface area (Å²) >= 11 is 0. The van der Waals surface area contributed by atoms with E-state index >= 15 is 0 Å². The highest BCUT2D eigenvalue weighted by atomic mass is 32.2. The Labute approximate surface area is 157 Å². The summed E-state index contributed by atoms with van der Waals surface area (Å²) in [7, 11) is -3.61. The fraction of sp³-hybridized carbons (Fsp3) is 0.150. The Kier molecular flexibility index (Phi) is 5.43. The molecule has 0 bridgehead atoms. The predicted octanol–water partition coefficient (Wildman–Crippen LogP) is 3.39. The second-order valence-electron chi connectivity index (χ2n) is 6.05. The van der Waals surface area contributed by atoms with Crippen LogP contribution in [0.3, 0.4) is 0 Å². The number of benzene rings is 2. The summed E-state index contributed by atoms with van der Waals surface area (Å²) in [6.45, 7) is 5.44. The molecule has 0 radical (unpaired) electrons. The van der Waals surface area contributed by atoms with Gasteiger partial charge in [0.15, 0.2) is 0 Å². The second-order valence-corrected chi connectivity index (χ2v) is 7.81. The van der Waals surface area contributed by atoms with Gasteiger partial charge < -0.3 is 9.73 Å². The van der Waals surface area contributed by atoms with Crippen LogP contribution in [0.15, 0.2) is 76.6 Å². The van der Waals surface area contributed by atoms with E-state index in [4.69, 9.17) is 4.42 Å². The minimum Gasteiger partial charge on any atom is -0.459 e. The zero-order valence-electron chi connectivity index (χ0n) is 14.8. The summed E-state index contributed by atoms with van der Waals surface area (Å²) in [5.74, 6) is 0.336. The van der Waals surface area contributed by atoms with Crippen molar-refractivity contribution < 1.29 is 17.6 Å². The Balaban J connectivity index is 1.71. The summed E-state index contributed by atoms with van der Waals surface area (Å²) in [6, 6.07) is 14.9. The molecule has 7 heteroatoms. The molecule has 6 nitrogen and oxygen atoms in total. The first-order valence-corrected chi connectivity index (χ1v) is 9.89. The van der Waals surface area contributed by atoms with Crippen LogP contribution >= 0.6 is 0 Å². The van der Waals surface area contributed by atoms with Gasteiger partial charge in [-0.2, -0.15) is 0 Å². The Hall–Kier alpha value is -2.90. The molecule has 1 unspecified atom stereocenters. The molecule has 0 aliphatic heterocycles. The standard InChI is InChI=1S/C20H20N2O4S/c1-3-12-21-27(24,25)17-10-8-15(9-11-17)20(23)22-14(2)19-13-16-6-4-5-7-18(16)26-19/h3-11,13-14,21H,1,12H2,2H3,(H,22,23). The van der Waals surface area contributed by atoms with Crippen molar-refractivity contribution in [1.29, 1.82) is 0 Å². The van der Waals surface area contributed by atoms with Crippen LogP contribution in [-0.4, -0.2) is 20.9 Å². The van der Waals surface area contributed by atoms with Gasteiger partial charge in [0.25, 0.3) is 5.91 Å². The molecule has 2 aromatic carbocycles. The topological polar surface area (TPSA) is 88.4 Å². The van der Waals surface area contributed by atoms with Crippen molar-refractivity contribution in [2.24, 2.45) is 0 Å². The number of furan rings is 1. The maximum Gasteiger partial charge on any atom is 0.251 e. The number of carbonyl (C=O) groups is 1. The third kappa shape index (κ3) is 4.27. The average Bonchev–Trinajstić information content (AvgIpc) is 3.11. The number of fused-ring (bicyclic) bond motifs is 1. The lowest BCUT2D eigenvalue weighted by Gasteiger charge is -2.12. The molecule has 2 N–H and O–H groups in total. The quantitative estimate of drug-likeness (QED) is 0.611. The maximum absolute atomic E-state index is 12.4. The zero-order chi connectivity index (χ0) is 19.4. The number of hydrogen-bond acceptors (Lipinski definition) is 4. The zero-order valence-corrected chi connectivity index (χ0v) is 15.6. The van der Waals surface area contributed by atoms with E-state index in [1.165, 1.54) is 30.3 Å². The van der Waals surface area contributed by atoms with Crippen molar-refractivity contribution in [1.82, 2.24) is 10.0 Å². The number of para-hydroxylation sites is 1. The van der Waals surface area contributed by atoms with E-state index in [-0.39, 0.29) is 23.4 Å². The highest BCUT2D eigenvalue weighted by Crippen LogP contribution is 2.23. The summed E-state index contributed by atoms with van der Waals surface area (Å²) < 4.78 is 32.2. The Bertz CT molecular complexity index is 1040. The van der Waals surface area contributed by atoms with Crippen LogP contribution in [0.25, 0.3) is 11.0 Å². The van der Waals surface area contributed by atoms with Crippen LogP contribution < -0.4 is 10.0 Å². The van der Waals surface area contributed by atoms with E-state index in [0.717, 1.165) is 11.0 Å². The molecule has 1 heterocycles. The van der Waals surface area contributed by atoms with Crippen molar-refractivity contribution in [3.8, 4) is 0 Å². The van der Waals surface area contributed by atoms with E-state index in [2.05, 4.69) is 16.6 Å². The van der Waals surface area contributed by atoms with E-state index in [1.54, 1.807) is 0 Å². The van der Waals surface area contributed by atoms with E-state index in [1.807, 2.05) is 37.3 Å². The number of amides is 1. The lowest BCUT2D eigenvalue weighted by atomic mass is 10.1. The maximum atomic E-state index is 12.4. The third-order valence-electron chi connectivity index (χ3n) is 4.06. The van der Waals surface area contributed by atoms with Gasteiger partial charge in [-0.05, 0) is 43.3 Å². The highest BCUT2D eigenvalue weighted by Gasteiger charge is 2.17. The minimum absolute atomic E-state index is 0.0891. The molecular weight excluding hydrogens is 364 g/mol. The lowest BCUT2D eigenvalue weighted by molar-refractivity contribution is 0.0935. The number of hydrogen-bond donors (Lipinski definition) is 2. The fourth-order valence-electron chi connectivity index (χ4n) is 2.60. The van der Waals surface area contributed by atoms with Crippen LogP contribution in [0.1, 0.15) is 29.1 Å². The van der Waals surface area contributed by atoms with E-state index < -0.39 is 10.0 Å². The molecule has 27 heavy (non-hydrogen) atoms. The van der Waals surface area contributed by atoms with Gasteiger partial charge in [-0.1, -0.05) is 24.3 Å². The van der Waals surface area contributed by atoms with Crippen molar-refractivity contribution in [2.45, 2.75) is 17.9 Å². The minimum atomic E-state index is -3.61. The smallest absolute Gasteiger partial charge is 0.251 e. The van der Waals surface area contributed by atoms with Crippen molar-refractivity contribution in [3.63, 3.8) is 0 Å². The van der Waals surface area contributed by atoms with Gasteiger partial charge in [0.05, 0.1) is 10.9 Å². The largest absolute Gasteiger partial charge is 0.459 e. The number of nitrogens with one attached hydrogen (secondary N) is 2. The van der Waals surface area contributed by atoms with Crippen LogP contribution in [-0.2, 0) is 10.0 Å². The third-order valence-corrected chi connectivity index (χ3v) is 5.50. The average molecular weight is 384 g/mol. The van der Waals surface area contributed by atoms with Crippen LogP contribution in [0, 0.1) is 0 Å². The first-order chi connectivity index (χ1) is 12.9. The molecule has 0 aliphatic rings. The number of sulfonamides is 1. The Morgan fingerprint density at radius 3 is 2.56 bits per heavy atom. The molecule has 0 saturated carbocycles. The van der Waals surface area contributed by atoms with Gasteiger partial charge in [0.1, 0.15) is 11.3 Å². The molecule has 1 aromatic heterocycles. The van der Waals surface area contributed by atoms with Gasteiger partial charge in [-0.3, -0.25) is 4.79 Å². The lowest BCUT2D eigenvalue weighted by Crippen LogP contribution is -2.27. The second kappa shape index (κ2) is 7.77. The summed E-state index contributed by atoms with van der Waals surface area (Å²) in [6.07, 6.45) is 1.46. The molecule has 1 atom stereocenters. The molecule has 140 valence electrons. The molecule has 3 rings (SSSR count). The van der Waals surface area contributed by atoms with Gasteiger partial charge in [0.2, 0.25) is 10.0 Å².